The van der Waals surface area contributed by atoms with Crippen molar-refractivity contribution in [3.63, 3.8) is 0 Å². The Bertz CT molecular complexity index is 810. The second-order valence-electron chi connectivity index (χ2n) is 8.23. The summed E-state index contributed by atoms with van der Waals surface area (Å²) in [5.41, 5.74) is 6.59. The highest BCUT2D eigenvalue weighted by atomic mass is 16.1. The van der Waals surface area contributed by atoms with Gasteiger partial charge in [-0.15, -0.1) is 0 Å². The van der Waals surface area contributed by atoms with Crippen LogP contribution in [0.4, 0.5) is 5.69 Å². The van der Waals surface area contributed by atoms with Gasteiger partial charge < -0.3 is 10.2 Å². The molecule has 0 aliphatic carbocycles. The fraction of sp³-hybridized carbons (Fsp3) is 0.458. The molecule has 3 heteroatoms. The molecule has 0 saturated carbocycles. The van der Waals surface area contributed by atoms with E-state index in [1.165, 1.54) is 24.1 Å². The highest BCUT2D eigenvalue weighted by molar-refractivity contribution is 5.96. The van der Waals surface area contributed by atoms with E-state index in [4.69, 9.17) is 0 Å². The highest BCUT2D eigenvalue weighted by Crippen LogP contribution is 2.25. The second-order valence-corrected chi connectivity index (χ2v) is 8.23. The van der Waals surface area contributed by atoms with Crippen LogP contribution < -0.4 is 10.2 Å². The van der Waals surface area contributed by atoms with Gasteiger partial charge in [-0.05, 0) is 86.9 Å². The summed E-state index contributed by atoms with van der Waals surface area (Å²) in [6.07, 6.45) is 2.60. The molecule has 1 heterocycles. The third kappa shape index (κ3) is 4.52. The Morgan fingerprint density at radius 2 is 1.74 bits per heavy atom. The third-order valence-electron chi connectivity index (χ3n) is 5.85. The van der Waals surface area contributed by atoms with E-state index in [0.717, 1.165) is 41.3 Å². The number of rotatable bonds is 4. The predicted molar refractivity (Wildman–Crippen MR) is 114 cm³/mol. The molecule has 1 aliphatic heterocycles. The number of carbonyl (C=O) groups is 1. The molecule has 1 N–H and O–H groups in total. The number of piperidine rings is 1. The quantitative estimate of drug-likeness (QED) is 0.794. The lowest BCUT2D eigenvalue weighted by atomic mass is 9.99. The molecule has 0 unspecified atom stereocenters. The van der Waals surface area contributed by atoms with Gasteiger partial charge in [0.1, 0.15) is 0 Å². The van der Waals surface area contributed by atoms with Crippen LogP contribution in [0.1, 0.15) is 65.3 Å². The van der Waals surface area contributed by atoms with E-state index in [0.29, 0.717) is 0 Å². The van der Waals surface area contributed by atoms with E-state index in [1.54, 1.807) is 0 Å². The van der Waals surface area contributed by atoms with Crippen LogP contribution in [0.15, 0.2) is 36.4 Å². The summed E-state index contributed by atoms with van der Waals surface area (Å²) in [5, 5.41) is 3.15. The van der Waals surface area contributed by atoms with Gasteiger partial charge in [-0.3, -0.25) is 4.79 Å². The number of benzene rings is 2. The van der Waals surface area contributed by atoms with Crippen LogP contribution >= 0.6 is 0 Å². The first-order valence-corrected chi connectivity index (χ1v) is 10.1. The van der Waals surface area contributed by atoms with Crippen molar-refractivity contribution in [2.75, 3.05) is 18.0 Å². The standard InChI is InChI=1S/C24H32N2O/c1-16-7-6-12-26(15-16)22-10-8-21(9-11-22)20(5)25-24(27)23-14-18(3)17(2)13-19(23)4/h8-11,13-14,16,20H,6-7,12,15H2,1-5H3,(H,25,27)/t16-,20-/m1/s1. The summed E-state index contributed by atoms with van der Waals surface area (Å²) in [6.45, 7) is 12.8. The summed E-state index contributed by atoms with van der Waals surface area (Å²) in [5.74, 6) is 0.759. The lowest BCUT2D eigenvalue weighted by Gasteiger charge is -2.33. The summed E-state index contributed by atoms with van der Waals surface area (Å²) < 4.78 is 0. The van der Waals surface area contributed by atoms with Crippen molar-refractivity contribution in [3.8, 4) is 0 Å². The van der Waals surface area contributed by atoms with Crippen molar-refractivity contribution in [1.82, 2.24) is 5.32 Å². The number of nitrogens with one attached hydrogen (secondary N) is 1. The van der Waals surface area contributed by atoms with Gasteiger partial charge in [-0.25, -0.2) is 0 Å². The van der Waals surface area contributed by atoms with Gasteiger partial charge in [0.2, 0.25) is 0 Å². The van der Waals surface area contributed by atoms with Crippen molar-refractivity contribution < 1.29 is 4.79 Å². The number of hydrogen-bond acceptors (Lipinski definition) is 2. The number of anilines is 1. The van der Waals surface area contributed by atoms with Crippen LogP contribution in [0.25, 0.3) is 0 Å². The Kier molecular flexibility index (Phi) is 5.88. The molecular weight excluding hydrogens is 332 g/mol. The fourth-order valence-corrected chi connectivity index (χ4v) is 3.96. The minimum Gasteiger partial charge on any atom is -0.371 e. The SMILES string of the molecule is Cc1cc(C)c(C(=O)N[C@H](C)c2ccc(N3CCC[C@@H](C)C3)cc2)cc1C. The molecule has 0 bridgehead atoms. The molecule has 1 fully saturated rings. The maximum atomic E-state index is 12.7. The Labute approximate surface area is 163 Å². The van der Waals surface area contributed by atoms with Crippen LogP contribution in [0.3, 0.4) is 0 Å². The van der Waals surface area contributed by atoms with E-state index >= 15 is 0 Å². The number of carbonyl (C=O) groups excluding carboxylic acids is 1. The Balaban J connectivity index is 1.68. The zero-order valence-electron chi connectivity index (χ0n) is 17.3. The molecule has 2 aromatic rings. The van der Waals surface area contributed by atoms with Crippen LogP contribution in [0.2, 0.25) is 0 Å². The van der Waals surface area contributed by atoms with Crippen molar-refractivity contribution in [1.29, 1.82) is 0 Å². The summed E-state index contributed by atoms with van der Waals surface area (Å²) in [4.78, 5) is 15.2. The highest BCUT2D eigenvalue weighted by Gasteiger charge is 2.18. The van der Waals surface area contributed by atoms with Crippen molar-refractivity contribution >= 4 is 11.6 Å². The van der Waals surface area contributed by atoms with E-state index in [9.17, 15) is 4.79 Å². The van der Waals surface area contributed by atoms with Gasteiger partial charge in [0.05, 0.1) is 6.04 Å². The van der Waals surface area contributed by atoms with E-state index in [2.05, 4.69) is 61.3 Å². The van der Waals surface area contributed by atoms with Gasteiger partial charge in [0, 0.05) is 24.3 Å². The summed E-state index contributed by atoms with van der Waals surface area (Å²) >= 11 is 0. The first-order valence-electron chi connectivity index (χ1n) is 10.1. The first kappa shape index (κ1) is 19.5. The number of nitrogens with zero attached hydrogens (tertiary/aromatic N) is 1. The summed E-state index contributed by atoms with van der Waals surface area (Å²) in [6, 6.07) is 12.7. The topological polar surface area (TPSA) is 32.3 Å². The fourth-order valence-electron chi connectivity index (χ4n) is 3.96. The van der Waals surface area contributed by atoms with Gasteiger partial charge >= 0.3 is 0 Å². The van der Waals surface area contributed by atoms with Crippen LogP contribution in [-0.4, -0.2) is 19.0 Å². The predicted octanol–water partition coefficient (Wildman–Crippen LogP) is 5.34. The minimum atomic E-state index is -0.0205. The smallest absolute Gasteiger partial charge is 0.252 e. The minimum absolute atomic E-state index is 0.00275. The van der Waals surface area contributed by atoms with Gasteiger partial charge in [0.15, 0.2) is 0 Å². The molecule has 3 nitrogen and oxygen atoms in total. The van der Waals surface area contributed by atoms with E-state index in [1.807, 2.05) is 19.9 Å². The van der Waals surface area contributed by atoms with Crippen LogP contribution in [0, 0.1) is 26.7 Å². The number of aryl methyl sites for hydroxylation is 3. The molecular formula is C24H32N2O. The van der Waals surface area contributed by atoms with Gasteiger partial charge in [0.25, 0.3) is 5.91 Å². The van der Waals surface area contributed by atoms with Crippen molar-refractivity contribution in [3.05, 3.63) is 64.2 Å². The normalized spacial score (nSPS) is 18.3. The Morgan fingerprint density at radius 1 is 1.07 bits per heavy atom. The molecule has 27 heavy (non-hydrogen) atoms. The molecule has 1 aliphatic rings. The lowest BCUT2D eigenvalue weighted by Crippen LogP contribution is -2.34. The Hall–Kier alpha value is -2.29. The molecule has 3 rings (SSSR count). The third-order valence-corrected chi connectivity index (χ3v) is 5.85. The largest absolute Gasteiger partial charge is 0.371 e. The second kappa shape index (κ2) is 8.16. The van der Waals surface area contributed by atoms with E-state index in [-0.39, 0.29) is 11.9 Å². The monoisotopic (exact) mass is 364 g/mol. The van der Waals surface area contributed by atoms with Gasteiger partial charge in [-0.2, -0.15) is 0 Å². The molecule has 1 saturated heterocycles. The van der Waals surface area contributed by atoms with Crippen molar-refractivity contribution in [2.45, 2.75) is 53.5 Å². The lowest BCUT2D eigenvalue weighted by molar-refractivity contribution is 0.0939. The molecule has 144 valence electrons. The van der Waals surface area contributed by atoms with Crippen molar-refractivity contribution in [2.24, 2.45) is 5.92 Å². The molecule has 1 amide bonds. The first-order chi connectivity index (χ1) is 12.8. The maximum absolute atomic E-state index is 12.7. The average Bonchev–Trinajstić information content (AvgIpc) is 2.64. The number of hydrogen-bond donors (Lipinski definition) is 1. The summed E-state index contributed by atoms with van der Waals surface area (Å²) in [7, 11) is 0. The van der Waals surface area contributed by atoms with Crippen LogP contribution in [-0.2, 0) is 0 Å². The Morgan fingerprint density at radius 3 is 2.41 bits per heavy atom. The average molecular weight is 365 g/mol. The number of amides is 1. The maximum Gasteiger partial charge on any atom is 0.252 e. The van der Waals surface area contributed by atoms with E-state index < -0.39 is 0 Å². The molecule has 2 atom stereocenters. The molecule has 2 aromatic carbocycles. The molecule has 0 spiro atoms. The van der Waals surface area contributed by atoms with Gasteiger partial charge in [-0.1, -0.05) is 25.1 Å². The van der Waals surface area contributed by atoms with Crippen LogP contribution in [0.5, 0.6) is 0 Å². The molecule has 0 aromatic heterocycles. The zero-order valence-corrected chi connectivity index (χ0v) is 17.3. The zero-order chi connectivity index (χ0) is 19.6. The molecule has 0 radical (unpaired) electrons.